The van der Waals surface area contributed by atoms with Gasteiger partial charge in [-0.3, -0.25) is 9.59 Å². The molecular formula is C40H50N8O8S2. The van der Waals surface area contributed by atoms with Crippen molar-refractivity contribution < 1.29 is 38.1 Å². The van der Waals surface area contributed by atoms with Crippen LogP contribution in [-0.4, -0.2) is 107 Å². The lowest BCUT2D eigenvalue weighted by molar-refractivity contribution is -0.136. The Labute approximate surface area is 344 Å². The van der Waals surface area contributed by atoms with E-state index in [2.05, 4.69) is 32.7 Å². The molecule has 58 heavy (non-hydrogen) atoms. The van der Waals surface area contributed by atoms with Crippen molar-refractivity contribution in [3.05, 3.63) is 36.2 Å². The molecule has 0 unspecified atom stereocenters. The summed E-state index contributed by atoms with van der Waals surface area (Å²) in [4.78, 5) is 73.4. The zero-order valence-corrected chi connectivity index (χ0v) is 35.5. The van der Waals surface area contributed by atoms with E-state index in [0.29, 0.717) is 24.7 Å². The van der Waals surface area contributed by atoms with Gasteiger partial charge in [0.15, 0.2) is 0 Å². The first-order chi connectivity index (χ1) is 27.9. The van der Waals surface area contributed by atoms with E-state index in [4.69, 9.17) is 28.9 Å². The Balaban J connectivity index is 1.16. The molecule has 0 aliphatic carbocycles. The van der Waals surface area contributed by atoms with Crippen molar-refractivity contribution in [2.75, 3.05) is 41.5 Å². The van der Waals surface area contributed by atoms with Crippen LogP contribution in [0.4, 0.5) is 9.59 Å². The summed E-state index contributed by atoms with van der Waals surface area (Å²) in [5.41, 5.74) is 1.61. The van der Waals surface area contributed by atoms with E-state index in [1.165, 1.54) is 14.2 Å². The van der Waals surface area contributed by atoms with Crippen LogP contribution in [0.5, 0.6) is 11.5 Å². The molecule has 1 aromatic carbocycles. The molecule has 4 N–H and O–H groups in total. The molecule has 0 spiro atoms. The predicted molar refractivity (Wildman–Crippen MR) is 221 cm³/mol. The Hall–Kier alpha value is -5.36. The summed E-state index contributed by atoms with van der Waals surface area (Å²) in [5.74, 6) is 2.22. The van der Waals surface area contributed by atoms with Gasteiger partial charge in [-0.15, -0.1) is 22.7 Å². The van der Waals surface area contributed by atoms with Gasteiger partial charge in [0.25, 0.3) is 0 Å². The van der Waals surface area contributed by atoms with Gasteiger partial charge in [0.1, 0.15) is 35.2 Å². The number of carbonyl (C=O) groups excluding carboxylic acids is 4. The van der Waals surface area contributed by atoms with Crippen molar-refractivity contribution >= 4 is 66.8 Å². The lowest BCUT2D eigenvalue weighted by Crippen LogP contribution is -2.51. The summed E-state index contributed by atoms with van der Waals surface area (Å²) < 4.78 is 23.6. The molecule has 6 heterocycles. The Bertz CT molecular complexity index is 2120. The van der Waals surface area contributed by atoms with E-state index in [-0.39, 0.29) is 35.7 Å². The number of nitrogens with zero attached hydrogens (tertiary/aromatic N) is 4. The number of aromatic amines is 2. The van der Waals surface area contributed by atoms with E-state index >= 15 is 0 Å². The Kier molecular flexibility index (Phi) is 11.9. The fourth-order valence-corrected chi connectivity index (χ4v) is 10.3. The predicted octanol–water partition coefficient (Wildman–Crippen LogP) is 7.00. The number of rotatable bonds is 12. The van der Waals surface area contributed by atoms with Crippen molar-refractivity contribution in [1.82, 2.24) is 40.4 Å². The summed E-state index contributed by atoms with van der Waals surface area (Å²) in [5, 5.41) is 7.19. The van der Waals surface area contributed by atoms with E-state index in [9.17, 15) is 19.2 Å². The van der Waals surface area contributed by atoms with Gasteiger partial charge in [0.05, 0.1) is 83.5 Å². The van der Waals surface area contributed by atoms with Crippen LogP contribution < -0.4 is 20.1 Å². The number of ether oxygens (including phenoxy) is 4. The maximum Gasteiger partial charge on any atom is 0.407 e. The van der Waals surface area contributed by atoms with Gasteiger partial charge >= 0.3 is 12.2 Å². The van der Waals surface area contributed by atoms with Crippen LogP contribution in [0.25, 0.3) is 41.3 Å². The van der Waals surface area contributed by atoms with Crippen LogP contribution in [0.15, 0.2) is 24.5 Å². The zero-order chi connectivity index (χ0) is 41.4. The van der Waals surface area contributed by atoms with Crippen LogP contribution in [0, 0.1) is 11.8 Å². The quantitative estimate of drug-likeness (QED) is 0.102. The highest BCUT2D eigenvalue weighted by molar-refractivity contribution is 7.24. The minimum atomic E-state index is -0.719. The second kappa shape index (κ2) is 16.9. The number of aromatic nitrogens is 4. The number of imidazole rings is 2. The molecule has 18 heteroatoms. The Morgan fingerprint density at radius 1 is 0.690 bits per heavy atom. The topological polar surface area (TPSA) is 193 Å². The SMILES string of the molecule is COC(=O)N[C@H](C(=O)N1CCC[C@H]1c1ncc(-c2cc3c(OC)c4sc(-c5cnc([C@@H]6CCCN6C(=O)[C@@H](NC(=O)OC)C(C)C)[nH]5)cc4c(OC)c3s2)[nH]1)C(C)C. The highest BCUT2D eigenvalue weighted by atomic mass is 32.1. The molecule has 310 valence electrons. The van der Waals surface area contributed by atoms with Gasteiger partial charge in [-0.2, -0.15) is 0 Å². The zero-order valence-electron chi connectivity index (χ0n) is 33.9. The number of methoxy groups -OCH3 is 4. The number of thiophene rings is 2. The number of nitrogens with one attached hydrogen (secondary N) is 4. The number of fused-ring (bicyclic) bond motifs is 2. The lowest BCUT2D eigenvalue weighted by atomic mass is 10.0. The molecule has 16 nitrogen and oxygen atoms in total. The highest BCUT2D eigenvalue weighted by Crippen LogP contribution is 2.52. The number of carbonyl (C=O) groups is 4. The number of amides is 4. The van der Waals surface area contributed by atoms with Crippen LogP contribution in [0.3, 0.4) is 0 Å². The summed E-state index contributed by atoms with van der Waals surface area (Å²) >= 11 is 3.12. The smallest absolute Gasteiger partial charge is 0.407 e. The number of H-pyrrole nitrogens is 2. The Morgan fingerprint density at radius 2 is 1.09 bits per heavy atom. The molecule has 2 saturated heterocycles. The molecule has 2 fully saturated rings. The van der Waals surface area contributed by atoms with Crippen molar-refractivity contribution in [1.29, 1.82) is 0 Å². The van der Waals surface area contributed by atoms with Crippen LogP contribution in [0.2, 0.25) is 0 Å². The second-order valence-electron chi connectivity index (χ2n) is 15.2. The van der Waals surface area contributed by atoms with E-state index in [1.807, 2.05) is 27.7 Å². The van der Waals surface area contributed by atoms with Crippen molar-refractivity contribution in [2.45, 2.75) is 77.5 Å². The molecule has 2 aliphatic heterocycles. The maximum absolute atomic E-state index is 13.7. The van der Waals surface area contributed by atoms with E-state index in [1.54, 1.807) is 59.1 Å². The number of hydrogen-bond acceptors (Lipinski definition) is 12. The molecule has 0 bridgehead atoms. The molecule has 4 aromatic heterocycles. The number of likely N-dealkylation sites (tertiary alicyclic amines) is 2. The molecule has 2 aliphatic rings. The first kappa shape index (κ1) is 40.8. The molecule has 0 saturated carbocycles. The molecule has 0 radical (unpaired) electrons. The number of alkyl carbamates (subject to hydrolysis) is 2. The van der Waals surface area contributed by atoms with Crippen molar-refractivity contribution in [2.24, 2.45) is 11.8 Å². The van der Waals surface area contributed by atoms with Crippen LogP contribution in [-0.2, 0) is 19.1 Å². The molecule has 7 rings (SSSR count). The maximum atomic E-state index is 13.7. The van der Waals surface area contributed by atoms with E-state index < -0.39 is 24.3 Å². The van der Waals surface area contributed by atoms with Crippen molar-refractivity contribution in [3.63, 3.8) is 0 Å². The summed E-state index contributed by atoms with van der Waals surface area (Å²) in [6.07, 6.45) is 5.43. The standard InChI is InChI=1S/C40H50N8O8S2/c1-19(2)29(45-39(51)55-7)37(49)47-13-9-11-25(47)35-41-17-23(43-35)27-15-21-31(53-5)34-22(32(54-6)33(21)57-27)16-28(58-34)24-18-42-36(44-24)26-12-10-14-48(26)38(50)30(20(3)4)46-40(52)56-8/h15-20,25-26,29-30H,9-14H2,1-8H3,(H,41,43)(H,42,44)(H,45,51)(H,46,52)/t25-,26-,29-,30-/m0/s1. The van der Waals surface area contributed by atoms with Crippen LogP contribution >= 0.6 is 22.7 Å². The third kappa shape index (κ3) is 7.54. The molecule has 4 atom stereocenters. The summed E-state index contributed by atoms with van der Waals surface area (Å²) in [6.45, 7) is 8.70. The van der Waals surface area contributed by atoms with Gasteiger partial charge in [-0.1, -0.05) is 27.7 Å². The third-order valence-corrected chi connectivity index (χ3v) is 13.3. The minimum Gasteiger partial charge on any atom is -0.495 e. The average molecular weight is 835 g/mol. The fourth-order valence-electron chi connectivity index (χ4n) is 8.02. The van der Waals surface area contributed by atoms with Gasteiger partial charge in [-0.25, -0.2) is 19.6 Å². The number of hydrogen-bond donors (Lipinski definition) is 4. The van der Waals surface area contributed by atoms with Gasteiger partial charge in [0, 0.05) is 23.9 Å². The fraction of sp³-hybridized carbons (Fsp3) is 0.500. The largest absolute Gasteiger partial charge is 0.495 e. The molecular weight excluding hydrogens is 785 g/mol. The third-order valence-electron chi connectivity index (χ3n) is 11.0. The second-order valence-corrected chi connectivity index (χ2v) is 17.3. The first-order valence-corrected chi connectivity index (χ1v) is 21.0. The van der Waals surface area contributed by atoms with Crippen molar-refractivity contribution in [3.8, 4) is 32.6 Å². The van der Waals surface area contributed by atoms with Gasteiger partial charge in [0.2, 0.25) is 11.8 Å². The summed E-state index contributed by atoms with van der Waals surface area (Å²) in [7, 11) is 5.89. The highest BCUT2D eigenvalue weighted by Gasteiger charge is 2.39. The molecule has 5 aromatic rings. The number of benzene rings is 1. The van der Waals surface area contributed by atoms with Crippen LogP contribution in [0.1, 0.15) is 77.1 Å². The van der Waals surface area contributed by atoms with E-state index in [0.717, 1.165) is 78.5 Å². The molecule has 4 amide bonds. The first-order valence-electron chi connectivity index (χ1n) is 19.4. The van der Waals surface area contributed by atoms with Gasteiger partial charge < -0.3 is 49.3 Å². The normalized spacial score (nSPS) is 18.0. The lowest BCUT2D eigenvalue weighted by Gasteiger charge is -2.30. The average Bonchev–Trinajstić information content (AvgIpc) is 4.05. The Morgan fingerprint density at radius 3 is 1.43 bits per heavy atom. The summed E-state index contributed by atoms with van der Waals surface area (Å²) in [6, 6.07) is 2.19. The monoisotopic (exact) mass is 834 g/mol. The van der Waals surface area contributed by atoms with Gasteiger partial charge in [-0.05, 0) is 49.7 Å². The minimum absolute atomic E-state index is 0.131.